The zero-order chi connectivity index (χ0) is 25.2. The van der Waals surface area contributed by atoms with Crippen LogP contribution in [0.25, 0.3) is 11.3 Å². The molecule has 1 atom stereocenters. The van der Waals surface area contributed by atoms with Gasteiger partial charge in [-0.15, -0.1) is 13.2 Å². The third-order valence-corrected chi connectivity index (χ3v) is 5.40. The number of aryl methyl sites for hydroxylation is 1. The van der Waals surface area contributed by atoms with Crippen LogP contribution < -0.4 is 15.2 Å². The topological polar surface area (TPSA) is 113 Å². The monoisotopic (exact) mass is 489 g/mol. The van der Waals surface area contributed by atoms with Crippen molar-refractivity contribution in [3.63, 3.8) is 0 Å². The molecule has 0 radical (unpaired) electrons. The van der Waals surface area contributed by atoms with E-state index < -0.39 is 12.3 Å². The number of primary amides is 1. The van der Waals surface area contributed by atoms with Gasteiger partial charge in [0.15, 0.2) is 11.4 Å². The molecule has 9 nitrogen and oxygen atoms in total. The molecular formula is C23H22F3N5O4. The molecule has 2 amide bonds. The van der Waals surface area contributed by atoms with Crippen LogP contribution in [0.1, 0.15) is 22.5 Å². The van der Waals surface area contributed by atoms with Gasteiger partial charge in [0.25, 0.3) is 5.91 Å². The summed E-state index contributed by atoms with van der Waals surface area (Å²) in [6.45, 7) is 0.725. The van der Waals surface area contributed by atoms with Gasteiger partial charge in [0.1, 0.15) is 11.9 Å². The lowest BCUT2D eigenvalue weighted by Crippen LogP contribution is -2.32. The van der Waals surface area contributed by atoms with E-state index in [1.807, 2.05) is 0 Å². The van der Waals surface area contributed by atoms with Crippen LogP contribution >= 0.6 is 0 Å². The highest BCUT2D eigenvalue weighted by atomic mass is 19.4. The highest BCUT2D eigenvalue weighted by Gasteiger charge is 2.31. The molecule has 2 aromatic heterocycles. The average molecular weight is 489 g/mol. The molecule has 0 aliphatic carbocycles. The second-order valence-corrected chi connectivity index (χ2v) is 8.05. The van der Waals surface area contributed by atoms with Gasteiger partial charge in [0.05, 0.1) is 24.9 Å². The SMILES string of the molecule is Cn1cc(-c2ccc(O[C@H]3CCN(C(=O)Cc4ccc(OC(F)(F)F)cc4)C3)c(C(N)=O)n2)cn1. The number of halogens is 3. The minimum absolute atomic E-state index is 0.0164. The number of nitrogens with zero attached hydrogens (tertiary/aromatic N) is 4. The van der Waals surface area contributed by atoms with Gasteiger partial charge in [0, 0.05) is 31.8 Å². The van der Waals surface area contributed by atoms with Crippen LogP contribution in [0.15, 0.2) is 48.8 Å². The maximum atomic E-state index is 12.7. The molecule has 35 heavy (non-hydrogen) atoms. The Kier molecular flexibility index (Phi) is 6.63. The number of carbonyl (C=O) groups excluding carboxylic acids is 2. The summed E-state index contributed by atoms with van der Waals surface area (Å²) < 4.78 is 48.3. The summed E-state index contributed by atoms with van der Waals surface area (Å²) in [5, 5.41) is 4.09. The van der Waals surface area contributed by atoms with Gasteiger partial charge >= 0.3 is 6.36 Å². The molecule has 1 aliphatic rings. The Morgan fingerprint density at radius 3 is 2.54 bits per heavy atom. The molecule has 1 aliphatic heterocycles. The van der Waals surface area contributed by atoms with Gasteiger partial charge in [-0.05, 0) is 29.8 Å². The highest BCUT2D eigenvalue weighted by molar-refractivity contribution is 5.94. The molecule has 1 fully saturated rings. The van der Waals surface area contributed by atoms with Crippen LogP contribution in [-0.4, -0.2) is 57.0 Å². The summed E-state index contributed by atoms with van der Waals surface area (Å²) in [6, 6.07) is 8.47. The van der Waals surface area contributed by atoms with E-state index in [1.54, 1.807) is 41.2 Å². The number of benzene rings is 1. The fraction of sp³-hybridized carbons (Fsp3) is 0.304. The van der Waals surface area contributed by atoms with Gasteiger partial charge in [-0.1, -0.05) is 12.1 Å². The number of likely N-dealkylation sites (tertiary alicyclic amines) is 1. The van der Waals surface area contributed by atoms with Crippen molar-refractivity contribution in [1.82, 2.24) is 19.7 Å². The number of amides is 2. The minimum atomic E-state index is -4.77. The van der Waals surface area contributed by atoms with E-state index in [0.717, 1.165) is 5.56 Å². The van der Waals surface area contributed by atoms with Crippen LogP contribution in [0.3, 0.4) is 0 Å². The molecule has 12 heteroatoms. The van der Waals surface area contributed by atoms with Crippen LogP contribution in [0.2, 0.25) is 0 Å². The predicted molar refractivity (Wildman–Crippen MR) is 117 cm³/mol. The lowest BCUT2D eigenvalue weighted by atomic mass is 10.1. The molecule has 4 rings (SSSR count). The van der Waals surface area contributed by atoms with Gasteiger partial charge < -0.3 is 20.1 Å². The largest absolute Gasteiger partial charge is 0.573 e. The zero-order valence-corrected chi connectivity index (χ0v) is 18.7. The second kappa shape index (κ2) is 9.65. The fourth-order valence-corrected chi connectivity index (χ4v) is 3.76. The molecule has 0 unspecified atom stereocenters. The molecule has 0 spiro atoms. The minimum Gasteiger partial charge on any atom is -0.486 e. The van der Waals surface area contributed by atoms with Crippen molar-refractivity contribution >= 4 is 11.8 Å². The van der Waals surface area contributed by atoms with Gasteiger partial charge in [-0.3, -0.25) is 14.3 Å². The lowest BCUT2D eigenvalue weighted by molar-refractivity contribution is -0.274. The lowest BCUT2D eigenvalue weighted by Gasteiger charge is -2.18. The molecule has 184 valence electrons. The maximum absolute atomic E-state index is 12.7. The first-order valence-corrected chi connectivity index (χ1v) is 10.7. The Hall–Kier alpha value is -4.09. The van der Waals surface area contributed by atoms with Crippen LogP contribution in [-0.2, 0) is 18.3 Å². The van der Waals surface area contributed by atoms with Crippen molar-refractivity contribution < 1.29 is 32.2 Å². The number of ether oxygens (including phenoxy) is 2. The Balaban J connectivity index is 1.37. The first-order chi connectivity index (χ1) is 16.6. The highest BCUT2D eigenvalue weighted by Crippen LogP contribution is 2.26. The Morgan fingerprint density at radius 1 is 1.17 bits per heavy atom. The number of rotatable bonds is 7. The number of pyridine rings is 1. The van der Waals surface area contributed by atoms with Gasteiger partial charge in [0.2, 0.25) is 5.91 Å². The Labute approximate surface area is 198 Å². The van der Waals surface area contributed by atoms with Crippen molar-refractivity contribution in [2.75, 3.05) is 13.1 Å². The number of hydrogen-bond acceptors (Lipinski definition) is 6. The summed E-state index contributed by atoms with van der Waals surface area (Å²) in [6.07, 6.45) is -1.22. The molecule has 1 aromatic carbocycles. The van der Waals surface area contributed by atoms with Crippen LogP contribution in [0.5, 0.6) is 11.5 Å². The Morgan fingerprint density at radius 2 is 1.91 bits per heavy atom. The maximum Gasteiger partial charge on any atom is 0.573 e. The molecule has 3 aromatic rings. The van der Waals surface area contributed by atoms with Gasteiger partial charge in [-0.25, -0.2) is 4.98 Å². The van der Waals surface area contributed by atoms with Gasteiger partial charge in [-0.2, -0.15) is 5.10 Å². The summed E-state index contributed by atoms with van der Waals surface area (Å²) in [5.74, 6) is -1.06. The van der Waals surface area contributed by atoms with E-state index in [0.29, 0.717) is 24.2 Å². The molecule has 1 saturated heterocycles. The second-order valence-electron chi connectivity index (χ2n) is 8.05. The number of carbonyl (C=O) groups is 2. The van der Waals surface area contributed by atoms with Crippen molar-refractivity contribution in [3.05, 3.63) is 60.0 Å². The first-order valence-electron chi connectivity index (χ1n) is 10.7. The summed E-state index contributed by atoms with van der Waals surface area (Å²) in [4.78, 5) is 30.6. The van der Waals surface area contributed by atoms with Crippen LogP contribution in [0, 0.1) is 0 Å². The fourth-order valence-electron chi connectivity index (χ4n) is 3.76. The van der Waals surface area contributed by atoms with Crippen molar-refractivity contribution in [2.24, 2.45) is 12.8 Å². The summed E-state index contributed by atoms with van der Waals surface area (Å²) >= 11 is 0. The van der Waals surface area contributed by atoms with E-state index >= 15 is 0 Å². The Bertz CT molecular complexity index is 1230. The van der Waals surface area contributed by atoms with E-state index in [4.69, 9.17) is 10.5 Å². The number of nitrogens with two attached hydrogens (primary N) is 1. The third kappa shape index (κ3) is 6.08. The normalized spacial score (nSPS) is 15.8. The first kappa shape index (κ1) is 24.0. The zero-order valence-electron chi connectivity index (χ0n) is 18.7. The quantitative estimate of drug-likeness (QED) is 0.546. The van der Waals surface area contributed by atoms with Crippen molar-refractivity contribution in [1.29, 1.82) is 0 Å². The van der Waals surface area contributed by atoms with E-state index in [9.17, 15) is 22.8 Å². The smallest absolute Gasteiger partial charge is 0.486 e. The standard InChI is InChI=1S/C23H22F3N5O4/c1-30-12-15(11-28-30)18-6-7-19(21(29-18)22(27)33)34-17-8-9-31(13-17)20(32)10-14-2-4-16(5-3-14)35-23(24,25)26/h2-7,11-12,17H,8-10,13H2,1H3,(H2,27,33)/t17-/m0/s1. The molecule has 3 heterocycles. The summed E-state index contributed by atoms with van der Waals surface area (Å²) in [5.41, 5.74) is 7.29. The average Bonchev–Trinajstić information content (AvgIpc) is 3.43. The van der Waals surface area contributed by atoms with E-state index in [1.165, 1.54) is 24.3 Å². The van der Waals surface area contributed by atoms with E-state index in [-0.39, 0.29) is 42.2 Å². The molecule has 0 saturated carbocycles. The predicted octanol–water partition coefficient (Wildman–Crippen LogP) is 2.70. The molecule has 0 bridgehead atoms. The third-order valence-electron chi connectivity index (χ3n) is 5.40. The number of alkyl halides is 3. The van der Waals surface area contributed by atoms with Crippen molar-refractivity contribution in [2.45, 2.75) is 25.3 Å². The number of aromatic nitrogens is 3. The number of hydrogen-bond donors (Lipinski definition) is 1. The molecular weight excluding hydrogens is 467 g/mol. The molecule has 2 N–H and O–H groups in total. The van der Waals surface area contributed by atoms with Crippen molar-refractivity contribution in [3.8, 4) is 22.8 Å². The van der Waals surface area contributed by atoms with E-state index in [2.05, 4.69) is 14.8 Å². The van der Waals surface area contributed by atoms with Crippen LogP contribution in [0.4, 0.5) is 13.2 Å². The summed E-state index contributed by atoms with van der Waals surface area (Å²) in [7, 11) is 1.76.